The van der Waals surface area contributed by atoms with Gasteiger partial charge in [0.2, 0.25) is 11.8 Å². The Labute approximate surface area is 152 Å². The number of rotatable bonds is 9. The Hall–Kier alpha value is -1.88. The van der Waals surface area contributed by atoms with Crippen LogP contribution in [0.15, 0.2) is 24.3 Å². The second-order valence-electron chi connectivity index (χ2n) is 7.14. The number of benzene rings is 1. The summed E-state index contributed by atoms with van der Waals surface area (Å²) in [6, 6.07) is 8.74. The van der Waals surface area contributed by atoms with Gasteiger partial charge in [0.1, 0.15) is 0 Å². The van der Waals surface area contributed by atoms with Gasteiger partial charge in [-0.1, -0.05) is 52.0 Å². The zero-order chi connectivity index (χ0) is 19.0. The number of carbonyl (C=O) groups excluding carboxylic acids is 2. The summed E-state index contributed by atoms with van der Waals surface area (Å²) in [5.74, 6) is 0.622. The fraction of sp³-hybridized carbons (Fsp3) is 0.600. The van der Waals surface area contributed by atoms with Crippen LogP contribution in [0.25, 0.3) is 0 Å². The zero-order valence-electron chi connectivity index (χ0n) is 16.4. The van der Waals surface area contributed by atoms with Crippen molar-refractivity contribution in [3.8, 4) is 0 Å². The van der Waals surface area contributed by atoms with E-state index in [1.807, 2.05) is 0 Å². The van der Waals surface area contributed by atoms with E-state index >= 15 is 0 Å². The molecule has 2 amide bonds. The monoisotopic (exact) mass is 347 g/mol. The van der Waals surface area contributed by atoms with E-state index in [0.717, 1.165) is 6.42 Å². The predicted octanol–water partition coefficient (Wildman–Crippen LogP) is 2.69. The van der Waals surface area contributed by atoms with Crippen molar-refractivity contribution in [1.29, 1.82) is 0 Å². The number of carbonyl (C=O) groups is 2. The van der Waals surface area contributed by atoms with Gasteiger partial charge < -0.3 is 15.5 Å². The van der Waals surface area contributed by atoms with E-state index in [1.54, 1.807) is 14.1 Å². The van der Waals surface area contributed by atoms with Crippen molar-refractivity contribution >= 4 is 11.8 Å². The summed E-state index contributed by atoms with van der Waals surface area (Å²) in [4.78, 5) is 24.9. The van der Waals surface area contributed by atoms with Gasteiger partial charge in [-0.15, -0.1) is 0 Å². The molecule has 25 heavy (non-hydrogen) atoms. The van der Waals surface area contributed by atoms with E-state index in [2.05, 4.69) is 62.6 Å². The molecule has 1 aromatic carbocycles. The number of nitrogens with one attached hydrogen (secondary N) is 2. The molecular formula is C20H33N3O2. The SMILES string of the molecule is CC[C@H](C)c1ccc([C@H](NCC(=O)NCC(=O)N(C)C)C(C)C)cc1. The normalized spacial score (nSPS) is 13.4. The smallest absolute Gasteiger partial charge is 0.241 e. The topological polar surface area (TPSA) is 61.4 Å². The number of amides is 2. The first-order chi connectivity index (χ1) is 11.8. The van der Waals surface area contributed by atoms with Crippen LogP contribution in [0.1, 0.15) is 57.2 Å². The molecule has 1 aromatic rings. The summed E-state index contributed by atoms with van der Waals surface area (Å²) < 4.78 is 0. The first-order valence-electron chi connectivity index (χ1n) is 9.06. The van der Waals surface area contributed by atoms with Crippen LogP contribution in [-0.4, -0.2) is 43.9 Å². The van der Waals surface area contributed by atoms with Gasteiger partial charge in [-0.05, 0) is 29.4 Å². The van der Waals surface area contributed by atoms with Gasteiger partial charge in [0, 0.05) is 20.1 Å². The van der Waals surface area contributed by atoms with Crippen molar-refractivity contribution in [2.24, 2.45) is 5.92 Å². The lowest BCUT2D eigenvalue weighted by atomic mass is 9.92. The number of nitrogens with zero attached hydrogens (tertiary/aromatic N) is 1. The summed E-state index contributed by atoms with van der Waals surface area (Å²) >= 11 is 0. The second-order valence-corrected chi connectivity index (χ2v) is 7.14. The highest BCUT2D eigenvalue weighted by Gasteiger charge is 2.17. The lowest BCUT2D eigenvalue weighted by Crippen LogP contribution is -2.41. The highest BCUT2D eigenvalue weighted by Crippen LogP contribution is 2.25. The van der Waals surface area contributed by atoms with E-state index in [0.29, 0.717) is 11.8 Å². The van der Waals surface area contributed by atoms with E-state index in [9.17, 15) is 9.59 Å². The molecule has 0 aliphatic heterocycles. The highest BCUT2D eigenvalue weighted by atomic mass is 16.2. The van der Waals surface area contributed by atoms with E-state index in [4.69, 9.17) is 0 Å². The largest absolute Gasteiger partial charge is 0.347 e. The molecule has 2 N–H and O–H groups in total. The Bertz CT molecular complexity index is 553. The summed E-state index contributed by atoms with van der Waals surface area (Å²) in [5, 5.41) is 5.96. The van der Waals surface area contributed by atoms with E-state index in [1.165, 1.54) is 16.0 Å². The maximum Gasteiger partial charge on any atom is 0.241 e. The molecule has 0 aliphatic rings. The van der Waals surface area contributed by atoms with Crippen LogP contribution in [0.3, 0.4) is 0 Å². The summed E-state index contributed by atoms with van der Waals surface area (Å²) in [6.45, 7) is 8.91. The average molecular weight is 348 g/mol. The average Bonchev–Trinajstić information content (AvgIpc) is 2.59. The molecule has 0 spiro atoms. The molecule has 0 unspecified atom stereocenters. The lowest BCUT2D eigenvalue weighted by Gasteiger charge is -2.23. The van der Waals surface area contributed by atoms with Gasteiger partial charge in [0.25, 0.3) is 0 Å². The fourth-order valence-corrected chi connectivity index (χ4v) is 2.60. The van der Waals surface area contributed by atoms with Crippen LogP contribution in [-0.2, 0) is 9.59 Å². The molecule has 0 saturated heterocycles. The Balaban J connectivity index is 2.62. The Kier molecular flexibility index (Phi) is 8.62. The third-order valence-corrected chi connectivity index (χ3v) is 4.56. The highest BCUT2D eigenvalue weighted by molar-refractivity contribution is 5.85. The minimum atomic E-state index is -0.169. The first-order valence-corrected chi connectivity index (χ1v) is 9.06. The number of hydrogen-bond acceptors (Lipinski definition) is 3. The third kappa shape index (κ3) is 6.86. The summed E-state index contributed by atoms with van der Waals surface area (Å²) in [6.07, 6.45) is 1.12. The predicted molar refractivity (Wildman–Crippen MR) is 102 cm³/mol. The quantitative estimate of drug-likeness (QED) is 0.722. The molecule has 140 valence electrons. The van der Waals surface area contributed by atoms with Gasteiger partial charge in [-0.25, -0.2) is 0 Å². The van der Waals surface area contributed by atoms with Crippen molar-refractivity contribution in [2.75, 3.05) is 27.2 Å². The minimum absolute atomic E-state index is 0.0312. The van der Waals surface area contributed by atoms with Crippen molar-refractivity contribution in [2.45, 2.75) is 46.1 Å². The van der Waals surface area contributed by atoms with Crippen molar-refractivity contribution in [1.82, 2.24) is 15.5 Å². The number of likely N-dealkylation sites (N-methyl/N-ethyl adjacent to an activating group) is 1. The van der Waals surface area contributed by atoms with Crippen LogP contribution >= 0.6 is 0 Å². The zero-order valence-corrected chi connectivity index (χ0v) is 16.4. The molecule has 0 radical (unpaired) electrons. The molecular weight excluding hydrogens is 314 g/mol. The van der Waals surface area contributed by atoms with Gasteiger partial charge in [-0.2, -0.15) is 0 Å². The fourth-order valence-electron chi connectivity index (χ4n) is 2.60. The molecule has 1 rings (SSSR count). The molecule has 0 aromatic heterocycles. The van der Waals surface area contributed by atoms with Gasteiger partial charge >= 0.3 is 0 Å². The Morgan fingerprint density at radius 2 is 1.56 bits per heavy atom. The standard InChI is InChI=1S/C20H33N3O2/c1-7-15(4)16-8-10-17(11-9-16)20(14(2)3)22-12-18(24)21-13-19(25)23(5)6/h8-11,14-15,20,22H,7,12-13H2,1-6H3,(H,21,24)/t15-,20+/m0/s1. The molecule has 0 bridgehead atoms. The third-order valence-electron chi connectivity index (χ3n) is 4.56. The molecule has 0 fully saturated rings. The van der Waals surface area contributed by atoms with E-state index in [-0.39, 0.29) is 30.9 Å². The lowest BCUT2D eigenvalue weighted by molar-refractivity contribution is -0.130. The van der Waals surface area contributed by atoms with Crippen LogP contribution in [0.2, 0.25) is 0 Å². The summed E-state index contributed by atoms with van der Waals surface area (Å²) in [7, 11) is 3.34. The summed E-state index contributed by atoms with van der Waals surface area (Å²) in [5.41, 5.74) is 2.52. The molecule has 2 atom stereocenters. The Morgan fingerprint density at radius 3 is 2.04 bits per heavy atom. The second kappa shape index (κ2) is 10.2. The van der Waals surface area contributed by atoms with Gasteiger partial charge in [0.15, 0.2) is 0 Å². The van der Waals surface area contributed by atoms with Crippen molar-refractivity contribution in [3.63, 3.8) is 0 Å². The van der Waals surface area contributed by atoms with Crippen molar-refractivity contribution in [3.05, 3.63) is 35.4 Å². The molecule has 0 saturated carbocycles. The van der Waals surface area contributed by atoms with E-state index < -0.39 is 0 Å². The van der Waals surface area contributed by atoms with Crippen LogP contribution in [0.4, 0.5) is 0 Å². The maximum absolute atomic E-state index is 12.0. The minimum Gasteiger partial charge on any atom is -0.347 e. The van der Waals surface area contributed by atoms with Gasteiger partial charge in [-0.3, -0.25) is 9.59 Å². The van der Waals surface area contributed by atoms with Crippen LogP contribution in [0, 0.1) is 5.92 Å². The number of hydrogen-bond donors (Lipinski definition) is 2. The molecule has 0 heterocycles. The van der Waals surface area contributed by atoms with Crippen LogP contribution < -0.4 is 10.6 Å². The van der Waals surface area contributed by atoms with Gasteiger partial charge in [0.05, 0.1) is 13.1 Å². The molecule has 0 aliphatic carbocycles. The maximum atomic E-state index is 12.0. The molecule has 5 heteroatoms. The Morgan fingerprint density at radius 1 is 1.00 bits per heavy atom. The van der Waals surface area contributed by atoms with Crippen LogP contribution in [0.5, 0.6) is 0 Å². The van der Waals surface area contributed by atoms with Crippen molar-refractivity contribution < 1.29 is 9.59 Å². The molecule has 5 nitrogen and oxygen atoms in total. The first kappa shape index (κ1) is 21.2.